The molecule has 1 atom stereocenters. The molecule has 0 radical (unpaired) electrons. The number of ether oxygens (including phenoxy) is 3. The number of halogens is 1. The molecule has 1 N–H and O–H groups in total. The highest BCUT2D eigenvalue weighted by atomic mass is 35.5. The van der Waals surface area contributed by atoms with Gasteiger partial charge < -0.3 is 19.5 Å². The molecule has 1 aromatic rings. The van der Waals surface area contributed by atoms with Gasteiger partial charge >= 0.3 is 5.97 Å². The summed E-state index contributed by atoms with van der Waals surface area (Å²) in [6, 6.07) is 3.45. The van der Waals surface area contributed by atoms with Crippen LogP contribution in [0.5, 0.6) is 11.5 Å². The molecule has 0 aromatic heterocycles. The fraction of sp³-hybridized carbons (Fsp3) is 0.462. The summed E-state index contributed by atoms with van der Waals surface area (Å²) < 4.78 is 15.9. The van der Waals surface area contributed by atoms with Gasteiger partial charge in [0.05, 0.1) is 13.7 Å². The molecule has 1 unspecified atom stereocenters. The van der Waals surface area contributed by atoms with Gasteiger partial charge in [-0.05, 0) is 13.1 Å². The number of cyclic esters (lactones) is 1. The van der Waals surface area contributed by atoms with E-state index in [2.05, 4.69) is 5.32 Å². The highest BCUT2D eigenvalue weighted by Crippen LogP contribution is 2.36. The van der Waals surface area contributed by atoms with Crippen molar-refractivity contribution >= 4 is 17.6 Å². The van der Waals surface area contributed by atoms with E-state index in [1.165, 1.54) is 7.11 Å². The predicted molar refractivity (Wildman–Crippen MR) is 70.8 cm³/mol. The number of carbonyl (C=O) groups is 1. The third-order valence-corrected chi connectivity index (χ3v) is 3.05. The Morgan fingerprint density at radius 1 is 1.53 bits per heavy atom. The average Bonchev–Trinajstić information content (AvgIpc) is 2.78. The predicted octanol–water partition coefficient (Wildman–Crippen LogP) is 1.76. The van der Waals surface area contributed by atoms with Gasteiger partial charge in [0.2, 0.25) is 0 Å². The molecule has 0 saturated carbocycles. The second-order valence-electron chi connectivity index (χ2n) is 4.19. The fourth-order valence-electron chi connectivity index (χ4n) is 1.96. The first kappa shape index (κ1) is 14.0. The molecular formula is C13H16ClNO4. The van der Waals surface area contributed by atoms with E-state index in [0.29, 0.717) is 36.1 Å². The molecule has 2 rings (SSSR count). The zero-order chi connectivity index (χ0) is 13.8. The van der Waals surface area contributed by atoms with E-state index < -0.39 is 6.10 Å². The third kappa shape index (κ3) is 3.11. The second-order valence-corrected chi connectivity index (χ2v) is 4.63. The van der Waals surface area contributed by atoms with Crippen molar-refractivity contribution in [2.24, 2.45) is 0 Å². The van der Waals surface area contributed by atoms with Crippen molar-refractivity contribution in [3.05, 3.63) is 22.7 Å². The van der Waals surface area contributed by atoms with Crippen LogP contribution in [0.25, 0.3) is 0 Å². The summed E-state index contributed by atoms with van der Waals surface area (Å²) in [5.74, 6) is 0.704. The van der Waals surface area contributed by atoms with Crippen molar-refractivity contribution in [1.82, 2.24) is 5.32 Å². The first-order valence-electron chi connectivity index (χ1n) is 6.00. The molecule has 0 spiro atoms. The zero-order valence-corrected chi connectivity index (χ0v) is 11.6. The summed E-state index contributed by atoms with van der Waals surface area (Å²) in [4.78, 5) is 11.5. The van der Waals surface area contributed by atoms with Crippen molar-refractivity contribution in [2.45, 2.75) is 19.1 Å². The van der Waals surface area contributed by atoms with Gasteiger partial charge in [0.1, 0.15) is 0 Å². The third-order valence-electron chi connectivity index (χ3n) is 2.83. The topological polar surface area (TPSA) is 56.8 Å². The minimum absolute atomic E-state index is 0.340. The molecule has 1 saturated heterocycles. The van der Waals surface area contributed by atoms with Gasteiger partial charge in [0.15, 0.2) is 17.6 Å². The van der Waals surface area contributed by atoms with E-state index in [9.17, 15) is 4.79 Å². The van der Waals surface area contributed by atoms with Gasteiger partial charge in [-0.3, -0.25) is 0 Å². The van der Waals surface area contributed by atoms with Gasteiger partial charge in [-0.15, -0.1) is 0 Å². The van der Waals surface area contributed by atoms with Crippen LogP contribution in [-0.4, -0.2) is 32.8 Å². The molecule has 19 heavy (non-hydrogen) atoms. The van der Waals surface area contributed by atoms with E-state index in [1.807, 2.05) is 7.05 Å². The number of nitrogens with one attached hydrogen (secondary N) is 1. The highest BCUT2D eigenvalue weighted by molar-refractivity contribution is 6.30. The summed E-state index contributed by atoms with van der Waals surface area (Å²) in [5, 5.41) is 3.59. The van der Waals surface area contributed by atoms with Crippen molar-refractivity contribution in [1.29, 1.82) is 0 Å². The number of rotatable bonds is 5. The van der Waals surface area contributed by atoms with Gasteiger partial charge in [0.25, 0.3) is 0 Å². The molecule has 0 bridgehead atoms. The van der Waals surface area contributed by atoms with E-state index in [-0.39, 0.29) is 5.97 Å². The summed E-state index contributed by atoms with van der Waals surface area (Å²) >= 11 is 6.03. The van der Waals surface area contributed by atoms with Crippen molar-refractivity contribution < 1.29 is 19.0 Å². The van der Waals surface area contributed by atoms with Gasteiger partial charge in [-0.25, -0.2) is 4.79 Å². The Morgan fingerprint density at radius 3 is 2.89 bits per heavy atom. The Balaban J connectivity index is 2.32. The molecule has 0 amide bonds. The molecular weight excluding hydrogens is 270 g/mol. The number of carbonyl (C=O) groups excluding carboxylic acids is 1. The summed E-state index contributed by atoms with van der Waals surface area (Å²) in [6.45, 7) is 0.953. The van der Waals surface area contributed by atoms with E-state index in [4.69, 9.17) is 25.8 Å². The van der Waals surface area contributed by atoms with E-state index in [1.54, 1.807) is 12.1 Å². The molecule has 1 aliphatic heterocycles. The largest absolute Gasteiger partial charge is 0.493 e. The van der Waals surface area contributed by atoms with E-state index >= 15 is 0 Å². The lowest BCUT2D eigenvalue weighted by Crippen LogP contribution is -2.23. The molecule has 0 aliphatic carbocycles. The number of hydrogen-bond donors (Lipinski definition) is 1. The Morgan fingerprint density at radius 2 is 2.32 bits per heavy atom. The lowest BCUT2D eigenvalue weighted by Gasteiger charge is -2.17. The quantitative estimate of drug-likeness (QED) is 0.836. The fourth-order valence-corrected chi connectivity index (χ4v) is 2.19. The number of hydrogen-bond acceptors (Lipinski definition) is 5. The molecule has 5 nitrogen and oxygen atoms in total. The van der Waals surface area contributed by atoms with Gasteiger partial charge in [0, 0.05) is 29.6 Å². The normalized spacial score (nSPS) is 18.3. The monoisotopic (exact) mass is 285 g/mol. The Hall–Kier alpha value is -1.46. The number of esters is 1. The summed E-state index contributed by atoms with van der Waals surface area (Å²) in [6.07, 6.45) is -0.0328. The van der Waals surface area contributed by atoms with Crippen LogP contribution in [0, 0.1) is 0 Å². The smallest absolute Gasteiger partial charge is 0.347 e. The summed E-state index contributed by atoms with van der Waals surface area (Å²) in [5.41, 5.74) is 0.839. The first-order chi connectivity index (χ1) is 9.15. The minimum Gasteiger partial charge on any atom is -0.493 e. The highest BCUT2D eigenvalue weighted by Gasteiger charge is 2.30. The van der Waals surface area contributed by atoms with Crippen molar-refractivity contribution in [2.75, 3.05) is 20.8 Å². The van der Waals surface area contributed by atoms with Crippen molar-refractivity contribution in [3.8, 4) is 11.5 Å². The Kier molecular flexibility index (Phi) is 4.50. The van der Waals surface area contributed by atoms with Crippen LogP contribution < -0.4 is 14.8 Å². The second kappa shape index (κ2) is 6.12. The first-order valence-corrected chi connectivity index (χ1v) is 6.37. The summed E-state index contributed by atoms with van der Waals surface area (Å²) in [7, 11) is 3.36. The van der Waals surface area contributed by atoms with Gasteiger partial charge in [-0.2, -0.15) is 0 Å². The maximum Gasteiger partial charge on any atom is 0.347 e. The van der Waals surface area contributed by atoms with Crippen molar-refractivity contribution in [3.63, 3.8) is 0 Å². The lowest BCUT2D eigenvalue weighted by atomic mass is 10.1. The van der Waals surface area contributed by atoms with Crippen LogP contribution in [0.2, 0.25) is 5.02 Å². The Bertz CT molecular complexity index is 478. The van der Waals surface area contributed by atoms with Gasteiger partial charge in [-0.1, -0.05) is 11.6 Å². The lowest BCUT2D eigenvalue weighted by molar-refractivity contribution is -0.143. The van der Waals surface area contributed by atoms with Crippen LogP contribution in [0.15, 0.2) is 12.1 Å². The van der Waals surface area contributed by atoms with Crippen LogP contribution >= 0.6 is 11.6 Å². The standard InChI is InChI=1S/C13H16ClNO4/c1-15-7-8-5-9(14)6-11(17-2)12(8)19-10-3-4-18-13(10)16/h5-6,10,15H,3-4,7H2,1-2H3. The molecule has 1 heterocycles. The van der Waals surface area contributed by atoms with Crippen LogP contribution in [-0.2, 0) is 16.1 Å². The van der Waals surface area contributed by atoms with E-state index in [0.717, 1.165) is 5.56 Å². The molecule has 6 heteroatoms. The SMILES string of the molecule is CNCc1cc(Cl)cc(OC)c1OC1CCOC1=O. The zero-order valence-electron chi connectivity index (χ0n) is 10.9. The molecule has 1 fully saturated rings. The minimum atomic E-state index is -0.578. The average molecular weight is 286 g/mol. The number of methoxy groups -OCH3 is 1. The molecule has 1 aliphatic rings. The maximum atomic E-state index is 11.5. The maximum absolute atomic E-state index is 11.5. The van der Waals surface area contributed by atoms with Crippen LogP contribution in [0.4, 0.5) is 0 Å². The Labute approximate surface area is 116 Å². The van der Waals surface area contributed by atoms with Crippen LogP contribution in [0.3, 0.4) is 0 Å². The molecule has 104 valence electrons. The number of benzene rings is 1. The molecule has 1 aromatic carbocycles. The van der Waals surface area contributed by atoms with Crippen LogP contribution in [0.1, 0.15) is 12.0 Å².